The first kappa shape index (κ1) is 14.8. The second-order valence-corrected chi connectivity index (χ2v) is 4.89. The minimum Gasteiger partial charge on any atom is -0.484 e. The fourth-order valence-electron chi connectivity index (χ4n) is 2.16. The van der Waals surface area contributed by atoms with Gasteiger partial charge in [0.05, 0.1) is 5.52 Å². The largest absolute Gasteiger partial charge is 0.484 e. The van der Waals surface area contributed by atoms with Crippen LogP contribution in [0.5, 0.6) is 5.75 Å². The highest BCUT2D eigenvalue weighted by Crippen LogP contribution is 2.20. The molecule has 0 saturated heterocycles. The van der Waals surface area contributed by atoms with Crippen LogP contribution in [0.3, 0.4) is 0 Å². The summed E-state index contributed by atoms with van der Waals surface area (Å²) < 4.78 is 19.3. The number of carbonyl (C=O) groups excluding carboxylic acids is 1. The molecule has 0 saturated carbocycles. The molecule has 23 heavy (non-hydrogen) atoms. The minimum atomic E-state index is -0.612. The molecular formula is C17H13FN2O3. The third-order valence-electron chi connectivity index (χ3n) is 3.18. The van der Waals surface area contributed by atoms with E-state index >= 15 is 0 Å². The van der Waals surface area contributed by atoms with Gasteiger partial charge in [-0.05, 0) is 30.3 Å². The smallest absolute Gasteiger partial charge is 0.262 e. The van der Waals surface area contributed by atoms with Crippen LogP contribution in [0.25, 0.3) is 10.9 Å². The number of benzene rings is 2. The zero-order chi connectivity index (χ0) is 16.2. The van der Waals surface area contributed by atoms with Crippen LogP contribution in [0.4, 0.5) is 10.1 Å². The van der Waals surface area contributed by atoms with E-state index in [9.17, 15) is 14.0 Å². The second-order valence-electron chi connectivity index (χ2n) is 4.89. The van der Waals surface area contributed by atoms with E-state index in [2.05, 4.69) is 10.3 Å². The van der Waals surface area contributed by atoms with Crippen molar-refractivity contribution >= 4 is 22.5 Å². The average Bonchev–Trinajstić information content (AvgIpc) is 2.55. The van der Waals surface area contributed by atoms with E-state index < -0.39 is 11.7 Å². The number of ether oxygens (including phenoxy) is 1. The van der Waals surface area contributed by atoms with E-state index in [0.717, 1.165) is 6.07 Å². The standard InChI is InChI=1S/C17H13FN2O3/c18-14-9-12(8-11-6-7-15(21)20-17(11)14)19-16(22)10-23-13-4-2-1-3-5-13/h1-9H,10H2,(H,19,22)(H,20,21). The second kappa shape index (κ2) is 6.31. The number of halogens is 1. The van der Waals surface area contributed by atoms with Crippen LogP contribution in [-0.4, -0.2) is 17.5 Å². The molecule has 3 aromatic rings. The number of pyridine rings is 1. The zero-order valence-corrected chi connectivity index (χ0v) is 12.0. The van der Waals surface area contributed by atoms with Crippen molar-refractivity contribution in [1.82, 2.24) is 4.98 Å². The summed E-state index contributed by atoms with van der Waals surface area (Å²) in [6.07, 6.45) is 0. The molecular weight excluding hydrogens is 299 g/mol. The van der Waals surface area contributed by atoms with E-state index in [1.807, 2.05) is 6.07 Å². The molecule has 0 spiro atoms. The number of carbonyl (C=O) groups is 1. The van der Waals surface area contributed by atoms with Crippen molar-refractivity contribution in [3.8, 4) is 5.75 Å². The van der Waals surface area contributed by atoms with Gasteiger partial charge in [-0.2, -0.15) is 0 Å². The van der Waals surface area contributed by atoms with Crippen LogP contribution in [-0.2, 0) is 4.79 Å². The molecule has 0 unspecified atom stereocenters. The number of para-hydroxylation sites is 1. The molecule has 1 amide bonds. The lowest BCUT2D eigenvalue weighted by molar-refractivity contribution is -0.118. The van der Waals surface area contributed by atoms with E-state index in [1.165, 1.54) is 12.1 Å². The van der Waals surface area contributed by atoms with Crippen molar-refractivity contribution in [2.75, 3.05) is 11.9 Å². The molecule has 0 aliphatic heterocycles. The Balaban J connectivity index is 1.72. The number of amides is 1. The normalized spacial score (nSPS) is 10.5. The first-order valence-electron chi connectivity index (χ1n) is 6.92. The molecule has 0 atom stereocenters. The van der Waals surface area contributed by atoms with Crippen molar-refractivity contribution in [1.29, 1.82) is 0 Å². The van der Waals surface area contributed by atoms with E-state index in [0.29, 0.717) is 16.8 Å². The van der Waals surface area contributed by atoms with Gasteiger partial charge in [0.15, 0.2) is 6.61 Å². The molecule has 116 valence electrons. The quantitative estimate of drug-likeness (QED) is 0.778. The molecule has 1 aromatic heterocycles. The Morgan fingerprint density at radius 2 is 1.91 bits per heavy atom. The molecule has 2 aromatic carbocycles. The average molecular weight is 312 g/mol. The van der Waals surface area contributed by atoms with Gasteiger partial charge in [-0.3, -0.25) is 9.59 Å². The van der Waals surface area contributed by atoms with E-state index in [1.54, 1.807) is 30.3 Å². The van der Waals surface area contributed by atoms with Gasteiger partial charge in [0.1, 0.15) is 11.6 Å². The summed E-state index contributed by atoms with van der Waals surface area (Å²) in [5.41, 5.74) is 0.0178. The highest BCUT2D eigenvalue weighted by atomic mass is 19.1. The van der Waals surface area contributed by atoms with Crippen LogP contribution in [0.2, 0.25) is 0 Å². The van der Waals surface area contributed by atoms with Gasteiger partial charge >= 0.3 is 0 Å². The Labute approximate surface area is 130 Å². The molecule has 5 nitrogen and oxygen atoms in total. The van der Waals surface area contributed by atoms with E-state index in [4.69, 9.17) is 4.74 Å². The maximum atomic E-state index is 14.0. The monoisotopic (exact) mass is 312 g/mol. The number of nitrogens with one attached hydrogen (secondary N) is 2. The highest BCUT2D eigenvalue weighted by Gasteiger charge is 2.08. The molecule has 3 rings (SSSR count). The number of aromatic nitrogens is 1. The van der Waals surface area contributed by atoms with Crippen LogP contribution in [0.1, 0.15) is 0 Å². The Hall–Kier alpha value is -3.15. The van der Waals surface area contributed by atoms with Gasteiger partial charge in [0.25, 0.3) is 5.91 Å². The van der Waals surface area contributed by atoms with Crippen LogP contribution in [0, 0.1) is 5.82 Å². The predicted molar refractivity (Wildman–Crippen MR) is 85.1 cm³/mol. The number of H-pyrrole nitrogens is 1. The SMILES string of the molecule is O=C(COc1ccccc1)Nc1cc(F)c2[nH]c(=O)ccc2c1. The Kier molecular flexibility index (Phi) is 4.05. The lowest BCUT2D eigenvalue weighted by Crippen LogP contribution is -2.20. The number of anilines is 1. The third kappa shape index (κ3) is 3.55. The van der Waals surface area contributed by atoms with Crippen LogP contribution in [0.15, 0.2) is 59.4 Å². The van der Waals surface area contributed by atoms with Crippen LogP contribution < -0.4 is 15.6 Å². The van der Waals surface area contributed by atoms with Gasteiger partial charge in [-0.25, -0.2) is 4.39 Å². The predicted octanol–water partition coefficient (Wildman–Crippen LogP) is 2.68. The van der Waals surface area contributed by atoms with Gasteiger partial charge in [-0.1, -0.05) is 18.2 Å². The summed E-state index contributed by atoms with van der Waals surface area (Å²) in [7, 11) is 0. The maximum absolute atomic E-state index is 14.0. The number of hydrogen-bond acceptors (Lipinski definition) is 3. The zero-order valence-electron chi connectivity index (χ0n) is 12.0. The summed E-state index contributed by atoms with van der Waals surface area (Å²) in [5.74, 6) is -0.443. The van der Waals surface area contributed by atoms with Gasteiger partial charge < -0.3 is 15.0 Å². The van der Waals surface area contributed by atoms with Crippen molar-refractivity contribution in [3.63, 3.8) is 0 Å². The van der Waals surface area contributed by atoms with Crippen molar-refractivity contribution in [3.05, 3.63) is 70.8 Å². The first-order valence-corrected chi connectivity index (χ1v) is 6.92. The van der Waals surface area contributed by atoms with E-state index in [-0.39, 0.29) is 17.7 Å². The summed E-state index contributed by atoms with van der Waals surface area (Å²) in [4.78, 5) is 25.5. The van der Waals surface area contributed by atoms with Crippen molar-refractivity contribution in [2.45, 2.75) is 0 Å². The molecule has 1 heterocycles. The van der Waals surface area contributed by atoms with Gasteiger partial charge in [-0.15, -0.1) is 0 Å². The molecule has 0 aliphatic carbocycles. The third-order valence-corrected chi connectivity index (χ3v) is 3.18. The summed E-state index contributed by atoms with van der Waals surface area (Å²) in [6.45, 7) is -0.185. The lowest BCUT2D eigenvalue weighted by Gasteiger charge is -2.09. The van der Waals surface area contributed by atoms with Crippen LogP contribution >= 0.6 is 0 Å². The molecule has 0 aliphatic rings. The number of hydrogen-bond donors (Lipinski definition) is 2. The fraction of sp³-hybridized carbons (Fsp3) is 0.0588. The molecule has 0 bridgehead atoms. The molecule has 6 heteroatoms. The Bertz CT molecular complexity index is 907. The minimum absolute atomic E-state index is 0.107. The Morgan fingerprint density at radius 1 is 1.13 bits per heavy atom. The maximum Gasteiger partial charge on any atom is 0.262 e. The number of rotatable bonds is 4. The summed E-state index contributed by atoms with van der Waals surface area (Å²) in [6, 6.07) is 14.4. The van der Waals surface area contributed by atoms with Gasteiger partial charge in [0, 0.05) is 17.1 Å². The number of aromatic amines is 1. The van der Waals surface area contributed by atoms with Gasteiger partial charge in [0.2, 0.25) is 5.56 Å². The Morgan fingerprint density at radius 3 is 2.70 bits per heavy atom. The molecule has 0 radical (unpaired) electrons. The highest BCUT2D eigenvalue weighted by molar-refractivity contribution is 5.94. The molecule has 2 N–H and O–H groups in total. The van der Waals surface area contributed by atoms with Crippen molar-refractivity contribution in [2.24, 2.45) is 0 Å². The summed E-state index contributed by atoms with van der Waals surface area (Å²) >= 11 is 0. The van der Waals surface area contributed by atoms with Crippen molar-refractivity contribution < 1.29 is 13.9 Å². The lowest BCUT2D eigenvalue weighted by atomic mass is 10.2. The molecule has 0 fully saturated rings. The number of fused-ring (bicyclic) bond motifs is 1. The first-order chi connectivity index (χ1) is 11.1. The summed E-state index contributed by atoms with van der Waals surface area (Å²) in [5, 5.41) is 3.05. The fourth-order valence-corrected chi connectivity index (χ4v) is 2.16. The topological polar surface area (TPSA) is 71.2 Å².